The molecule has 120 valence electrons. The Morgan fingerprint density at radius 3 is 2.91 bits per heavy atom. The third-order valence-electron chi connectivity index (χ3n) is 3.26. The first-order chi connectivity index (χ1) is 10.4. The highest BCUT2D eigenvalue weighted by atomic mass is 32.1. The Balaban J connectivity index is 1.79. The van der Waals surface area contributed by atoms with E-state index in [-0.39, 0.29) is 5.91 Å². The number of hydrogen-bond donors (Lipinski definition) is 1. The van der Waals surface area contributed by atoms with Crippen LogP contribution >= 0.6 is 11.3 Å². The Hall–Kier alpha value is -1.73. The van der Waals surface area contributed by atoms with Crippen molar-refractivity contribution in [1.82, 2.24) is 25.0 Å². The summed E-state index contributed by atoms with van der Waals surface area (Å²) in [6.07, 6.45) is 4.27. The summed E-state index contributed by atoms with van der Waals surface area (Å²) in [6, 6.07) is 0.299. The van der Waals surface area contributed by atoms with Crippen LogP contribution in [0.25, 0.3) is 0 Å². The fourth-order valence-electron chi connectivity index (χ4n) is 1.99. The zero-order valence-electron chi connectivity index (χ0n) is 13.5. The summed E-state index contributed by atoms with van der Waals surface area (Å²) in [7, 11) is 3.52. The molecule has 0 saturated heterocycles. The van der Waals surface area contributed by atoms with Gasteiger partial charge in [-0.1, -0.05) is 0 Å². The number of nitrogens with one attached hydrogen (secondary N) is 1. The maximum Gasteiger partial charge on any atom is 0.228 e. The van der Waals surface area contributed by atoms with E-state index in [1.807, 2.05) is 29.4 Å². The van der Waals surface area contributed by atoms with E-state index in [4.69, 9.17) is 0 Å². The number of hydrogen-bond acceptors (Lipinski definition) is 5. The first-order valence-electron chi connectivity index (χ1n) is 7.30. The second kappa shape index (κ2) is 7.51. The maximum absolute atomic E-state index is 11.7. The van der Waals surface area contributed by atoms with Crippen LogP contribution in [0.3, 0.4) is 0 Å². The molecule has 0 aliphatic heterocycles. The number of carbonyl (C=O) groups is 1. The molecule has 0 aliphatic rings. The van der Waals surface area contributed by atoms with Gasteiger partial charge in [-0.15, -0.1) is 11.3 Å². The van der Waals surface area contributed by atoms with Crippen LogP contribution < -0.4 is 5.32 Å². The predicted molar refractivity (Wildman–Crippen MR) is 87.8 cm³/mol. The molecule has 1 amide bonds. The van der Waals surface area contributed by atoms with E-state index >= 15 is 0 Å². The predicted octanol–water partition coefficient (Wildman–Crippen LogP) is 1.46. The van der Waals surface area contributed by atoms with Gasteiger partial charge < -0.3 is 10.2 Å². The molecule has 2 aromatic heterocycles. The standard InChI is InChI=1S/C15H23N5OS/c1-11-6-17-20(8-11)9-12(2)16-7-13-10-22-14(18-13)5-15(21)19(3)4/h6,8,10,12,16H,5,7,9H2,1-4H3. The molecule has 22 heavy (non-hydrogen) atoms. The number of amides is 1. The van der Waals surface area contributed by atoms with Gasteiger partial charge >= 0.3 is 0 Å². The lowest BCUT2D eigenvalue weighted by Gasteiger charge is -2.12. The van der Waals surface area contributed by atoms with E-state index in [1.54, 1.807) is 19.0 Å². The molecule has 1 unspecified atom stereocenters. The van der Waals surface area contributed by atoms with Crippen LogP contribution in [0.4, 0.5) is 0 Å². The van der Waals surface area contributed by atoms with Crippen molar-refractivity contribution in [1.29, 1.82) is 0 Å². The van der Waals surface area contributed by atoms with Crippen LogP contribution in [0, 0.1) is 6.92 Å². The molecule has 2 rings (SSSR count). The summed E-state index contributed by atoms with van der Waals surface area (Å²) >= 11 is 1.54. The highest BCUT2D eigenvalue weighted by molar-refractivity contribution is 7.09. The molecule has 0 saturated carbocycles. The van der Waals surface area contributed by atoms with Crippen LogP contribution in [0.2, 0.25) is 0 Å². The van der Waals surface area contributed by atoms with Gasteiger partial charge in [-0.05, 0) is 19.4 Å². The number of aryl methyl sites for hydroxylation is 1. The highest BCUT2D eigenvalue weighted by Crippen LogP contribution is 2.11. The summed E-state index contributed by atoms with van der Waals surface area (Å²) in [4.78, 5) is 17.8. The monoisotopic (exact) mass is 321 g/mol. The average molecular weight is 321 g/mol. The number of likely N-dealkylation sites (N-methyl/N-ethyl adjacent to an activating group) is 1. The van der Waals surface area contributed by atoms with Crippen molar-refractivity contribution in [3.8, 4) is 0 Å². The Morgan fingerprint density at radius 2 is 2.27 bits per heavy atom. The second-order valence-electron chi connectivity index (χ2n) is 5.72. The smallest absolute Gasteiger partial charge is 0.228 e. The molecule has 0 spiro atoms. The number of thiazole rings is 1. The number of carbonyl (C=O) groups excluding carboxylic acids is 1. The Labute approximate surface area is 135 Å². The Bertz CT molecular complexity index is 619. The van der Waals surface area contributed by atoms with Crippen molar-refractivity contribution in [2.24, 2.45) is 0 Å². The Kier molecular flexibility index (Phi) is 5.68. The topological polar surface area (TPSA) is 63.1 Å². The lowest BCUT2D eigenvalue weighted by atomic mass is 10.3. The van der Waals surface area contributed by atoms with E-state index in [2.05, 4.69) is 22.3 Å². The van der Waals surface area contributed by atoms with Gasteiger partial charge in [0.2, 0.25) is 5.91 Å². The first kappa shape index (κ1) is 16.6. The van der Waals surface area contributed by atoms with Gasteiger partial charge in [-0.25, -0.2) is 4.98 Å². The maximum atomic E-state index is 11.7. The van der Waals surface area contributed by atoms with E-state index in [0.717, 1.165) is 17.2 Å². The van der Waals surface area contributed by atoms with Gasteiger partial charge in [0, 0.05) is 38.3 Å². The SMILES string of the molecule is Cc1cnn(CC(C)NCc2csc(CC(=O)N(C)C)n2)c1. The number of nitrogens with zero attached hydrogens (tertiary/aromatic N) is 4. The molecule has 7 heteroatoms. The van der Waals surface area contributed by atoms with Gasteiger partial charge in [0.05, 0.1) is 24.9 Å². The van der Waals surface area contributed by atoms with Crippen molar-refractivity contribution >= 4 is 17.2 Å². The van der Waals surface area contributed by atoms with Crippen molar-refractivity contribution in [3.63, 3.8) is 0 Å². The summed E-state index contributed by atoms with van der Waals surface area (Å²) < 4.78 is 1.94. The molecule has 0 aliphatic carbocycles. The van der Waals surface area contributed by atoms with Crippen LogP contribution in [0.5, 0.6) is 0 Å². The molecule has 0 aromatic carbocycles. The molecular weight excluding hydrogens is 298 g/mol. The van der Waals surface area contributed by atoms with Crippen LogP contribution in [-0.2, 0) is 24.3 Å². The normalized spacial score (nSPS) is 12.4. The summed E-state index contributed by atoms with van der Waals surface area (Å²) in [5.41, 5.74) is 2.15. The molecule has 0 fully saturated rings. The van der Waals surface area contributed by atoms with E-state index in [1.165, 1.54) is 16.9 Å². The zero-order chi connectivity index (χ0) is 16.1. The summed E-state index contributed by atoms with van der Waals surface area (Å²) in [5.74, 6) is 0.0799. The fourth-order valence-corrected chi connectivity index (χ4v) is 2.77. The zero-order valence-corrected chi connectivity index (χ0v) is 14.4. The fraction of sp³-hybridized carbons (Fsp3) is 0.533. The largest absolute Gasteiger partial charge is 0.348 e. The van der Waals surface area contributed by atoms with E-state index in [0.29, 0.717) is 19.0 Å². The van der Waals surface area contributed by atoms with Crippen molar-refractivity contribution < 1.29 is 4.79 Å². The summed E-state index contributed by atoms with van der Waals surface area (Å²) in [5, 5.41) is 10.6. The van der Waals surface area contributed by atoms with Crippen molar-refractivity contribution in [2.75, 3.05) is 14.1 Å². The van der Waals surface area contributed by atoms with Gasteiger partial charge in [-0.3, -0.25) is 9.48 Å². The minimum Gasteiger partial charge on any atom is -0.348 e. The van der Waals surface area contributed by atoms with Crippen molar-refractivity contribution in [2.45, 2.75) is 39.4 Å². The molecule has 1 atom stereocenters. The van der Waals surface area contributed by atoms with E-state index in [9.17, 15) is 4.79 Å². The van der Waals surface area contributed by atoms with Crippen LogP contribution in [-0.4, -0.2) is 45.7 Å². The molecule has 1 N–H and O–H groups in total. The molecule has 2 aromatic rings. The highest BCUT2D eigenvalue weighted by Gasteiger charge is 2.10. The quantitative estimate of drug-likeness (QED) is 0.838. The van der Waals surface area contributed by atoms with Gasteiger partial charge in [0.25, 0.3) is 0 Å². The van der Waals surface area contributed by atoms with Crippen molar-refractivity contribution in [3.05, 3.63) is 34.0 Å². The average Bonchev–Trinajstić information content (AvgIpc) is 3.06. The van der Waals surface area contributed by atoms with E-state index < -0.39 is 0 Å². The third-order valence-corrected chi connectivity index (χ3v) is 4.15. The number of aromatic nitrogens is 3. The number of rotatable bonds is 7. The molecule has 2 heterocycles. The minimum absolute atomic E-state index is 0.0799. The molecule has 6 nitrogen and oxygen atoms in total. The molecule has 0 bridgehead atoms. The second-order valence-corrected chi connectivity index (χ2v) is 6.66. The molecule has 0 radical (unpaired) electrons. The summed E-state index contributed by atoms with van der Waals surface area (Å²) in [6.45, 7) is 5.69. The van der Waals surface area contributed by atoms with Crippen LogP contribution in [0.15, 0.2) is 17.8 Å². The molecular formula is C15H23N5OS. The van der Waals surface area contributed by atoms with Gasteiger partial charge in [0.1, 0.15) is 5.01 Å². The first-order valence-corrected chi connectivity index (χ1v) is 8.18. The lowest BCUT2D eigenvalue weighted by Crippen LogP contribution is -2.30. The minimum atomic E-state index is 0.0799. The van der Waals surface area contributed by atoms with Gasteiger partial charge in [0.15, 0.2) is 0 Å². The van der Waals surface area contributed by atoms with Gasteiger partial charge in [-0.2, -0.15) is 5.10 Å². The third kappa shape index (κ3) is 4.92. The Morgan fingerprint density at radius 1 is 1.50 bits per heavy atom. The lowest BCUT2D eigenvalue weighted by molar-refractivity contribution is -0.127. The van der Waals surface area contributed by atoms with Crippen LogP contribution in [0.1, 0.15) is 23.2 Å².